The molecule has 0 saturated heterocycles. The maximum absolute atomic E-state index is 13.2. The lowest BCUT2D eigenvalue weighted by molar-refractivity contribution is -0.140. The van der Waals surface area contributed by atoms with Gasteiger partial charge in [0, 0.05) is 36.7 Å². The van der Waals surface area contributed by atoms with Gasteiger partial charge in [0.1, 0.15) is 0 Å². The summed E-state index contributed by atoms with van der Waals surface area (Å²) in [6.45, 7) is 3.35. The summed E-state index contributed by atoms with van der Waals surface area (Å²) < 4.78 is 0. The van der Waals surface area contributed by atoms with E-state index >= 15 is 0 Å². The predicted octanol–water partition coefficient (Wildman–Crippen LogP) is 4.78. The highest BCUT2D eigenvalue weighted by atomic mass is 35.5. The van der Waals surface area contributed by atoms with E-state index in [4.69, 9.17) is 23.2 Å². The number of nitrogens with zero attached hydrogens (tertiary/aromatic N) is 2. The Morgan fingerprint density at radius 1 is 0.968 bits per heavy atom. The minimum atomic E-state index is -1.17. The number of para-hydroxylation sites is 1. The first kappa shape index (κ1) is 23.2. The SMILES string of the molecule is CCCN(CC(=O)N(CCc1c[nH]c2ccccc12)Cc1ccccc1)C(=O)C(Cl)Cl. The molecule has 5 nitrogen and oxygen atoms in total. The Hall–Kier alpha value is -2.50. The van der Waals surface area contributed by atoms with Crippen molar-refractivity contribution in [1.82, 2.24) is 14.8 Å². The third kappa shape index (κ3) is 6.25. The van der Waals surface area contributed by atoms with Gasteiger partial charge in [0.2, 0.25) is 5.91 Å². The molecule has 0 bridgehead atoms. The fraction of sp³-hybridized carbons (Fsp3) is 0.333. The lowest BCUT2D eigenvalue weighted by Crippen LogP contribution is -2.45. The zero-order valence-electron chi connectivity index (χ0n) is 17.6. The Kier molecular flexibility index (Phi) is 8.38. The molecule has 0 aliphatic carbocycles. The number of halogens is 2. The molecule has 0 spiro atoms. The van der Waals surface area contributed by atoms with Crippen LogP contribution in [0.2, 0.25) is 0 Å². The van der Waals surface area contributed by atoms with Crippen LogP contribution in [0.3, 0.4) is 0 Å². The maximum Gasteiger partial charge on any atom is 0.256 e. The smallest absolute Gasteiger partial charge is 0.256 e. The number of fused-ring (bicyclic) bond motifs is 1. The third-order valence-corrected chi connectivity index (χ3v) is 5.59. The summed E-state index contributed by atoms with van der Waals surface area (Å²) in [6, 6.07) is 18.0. The van der Waals surface area contributed by atoms with Gasteiger partial charge in [-0.25, -0.2) is 0 Å². The summed E-state index contributed by atoms with van der Waals surface area (Å²) in [5, 5.41) is 1.16. The van der Waals surface area contributed by atoms with Gasteiger partial charge in [-0.15, -0.1) is 0 Å². The highest BCUT2D eigenvalue weighted by Crippen LogP contribution is 2.19. The second-order valence-corrected chi connectivity index (χ2v) is 8.57. The summed E-state index contributed by atoms with van der Waals surface area (Å²) in [7, 11) is 0. The highest BCUT2D eigenvalue weighted by Gasteiger charge is 2.24. The third-order valence-electron chi connectivity index (χ3n) is 5.21. The number of amides is 2. The van der Waals surface area contributed by atoms with Crippen LogP contribution in [0.25, 0.3) is 10.9 Å². The Bertz CT molecular complexity index is 1000. The molecule has 1 aromatic heterocycles. The molecule has 2 amide bonds. The number of carbonyl (C=O) groups excluding carboxylic acids is 2. The first-order valence-corrected chi connectivity index (χ1v) is 11.3. The molecule has 0 saturated carbocycles. The van der Waals surface area contributed by atoms with Crippen molar-refractivity contribution in [3.8, 4) is 0 Å². The molecule has 1 heterocycles. The number of aromatic amines is 1. The van der Waals surface area contributed by atoms with Crippen LogP contribution in [0.5, 0.6) is 0 Å². The van der Waals surface area contributed by atoms with E-state index in [0.717, 1.165) is 22.0 Å². The van der Waals surface area contributed by atoms with Crippen LogP contribution in [0.15, 0.2) is 60.8 Å². The molecule has 164 valence electrons. The largest absolute Gasteiger partial charge is 0.361 e. The molecular formula is C24H27Cl2N3O2. The first-order valence-electron chi connectivity index (χ1n) is 10.4. The quantitative estimate of drug-likeness (QED) is 0.443. The summed E-state index contributed by atoms with van der Waals surface area (Å²) in [6.07, 6.45) is 3.42. The van der Waals surface area contributed by atoms with E-state index in [2.05, 4.69) is 11.1 Å². The molecule has 0 fully saturated rings. The molecule has 2 aromatic carbocycles. The zero-order valence-corrected chi connectivity index (χ0v) is 19.1. The molecule has 0 radical (unpaired) electrons. The summed E-state index contributed by atoms with van der Waals surface area (Å²) >= 11 is 11.6. The van der Waals surface area contributed by atoms with Crippen LogP contribution in [0.4, 0.5) is 0 Å². The summed E-state index contributed by atoms with van der Waals surface area (Å²) in [4.78, 5) is 30.9. The van der Waals surface area contributed by atoms with Crippen molar-refractivity contribution in [1.29, 1.82) is 0 Å². The van der Waals surface area contributed by atoms with Crippen molar-refractivity contribution >= 4 is 45.9 Å². The Labute approximate surface area is 192 Å². The lowest BCUT2D eigenvalue weighted by Gasteiger charge is -2.28. The Morgan fingerprint density at radius 3 is 2.39 bits per heavy atom. The molecule has 0 unspecified atom stereocenters. The van der Waals surface area contributed by atoms with E-state index in [0.29, 0.717) is 32.5 Å². The number of benzene rings is 2. The van der Waals surface area contributed by atoms with E-state index in [1.54, 1.807) is 4.90 Å². The van der Waals surface area contributed by atoms with Gasteiger partial charge < -0.3 is 14.8 Å². The number of H-pyrrole nitrogens is 1. The van der Waals surface area contributed by atoms with Crippen LogP contribution < -0.4 is 0 Å². The Morgan fingerprint density at radius 2 is 1.68 bits per heavy atom. The topological polar surface area (TPSA) is 56.4 Å². The Balaban J connectivity index is 1.76. The zero-order chi connectivity index (χ0) is 22.2. The minimum absolute atomic E-state index is 0.0384. The average molecular weight is 460 g/mol. The van der Waals surface area contributed by atoms with Crippen molar-refractivity contribution in [2.45, 2.75) is 31.1 Å². The molecule has 3 rings (SSSR count). The van der Waals surface area contributed by atoms with Crippen molar-refractivity contribution < 1.29 is 9.59 Å². The van der Waals surface area contributed by atoms with Gasteiger partial charge in [0.15, 0.2) is 4.84 Å². The van der Waals surface area contributed by atoms with Crippen LogP contribution >= 0.6 is 23.2 Å². The second-order valence-electron chi connectivity index (χ2n) is 7.47. The van der Waals surface area contributed by atoms with E-state index in [9.17, 15) is 9.59 Å². The van der Waals surface area contributed by atoms with E-state index in [1.807, 2.05) is 61.7 Å². The van der Waals surface area contributed by atoms with Crippen LogP contribution in [0, 0.1) is 0 Å². The molecule has 0 aliphatic heterocycles. The highest BCUT2D eigenvalue weighted by molar-refractivity contribution is 6.53. The van der Waals surface area contributed by atoms with Crippen molar-refractivity contribution in [2.75, 3.05) is 19.6 Å². The van der Waals surface area contributed by atoms with E-state index in [1.165, 1.54) is 4.90 Å². The van der Waals surface area contributed by atoms with Gasteiger partial charge in [-0.1, -0.05) is 78.7 Å². The van der Waals surface area contributed by atoms with Gasteiger partial charge in [0.25, 0.3) is 5.91 Å². The normalized spacial score (nSPS) is 11.1. The van der Waals surface area contributed by atoms with Gasteiger partial charge >= 0.3 is 0 Å². The minimum Gasteiger partial charge on any atom is -0.361 e. The van der Waals surface area contributed by atoms with Crippen molar-refractivity contribution in [2.24, 2.45) is 0 Å². The number of nitrogens with one attached hydrogen (secondary N) is 1. The monoisotopic (exact) mass is 459 g/mol. The van der Waals surface area contributed by atoms with E-state index < -0.39 is 10.7 Å². The van der Waals surface area contributed by atoms with Crippen molar-refractivity contribution in [3.05, 3.63) is 71.9 Å². The van der Waals surface area contributed by atoms with Gasteiger partial charge in [-0.3, -0.25) is 9.59 Å². The first-order chi connectivity index (χ1) is 15.0. The number of carbonyl (C=O) groups is 2. The number of hydrogen-bond donors (Lipinski definition) is 1. The van der Waals surface area contributed by atoms with Crippen LogP contribution in [-0.2, 0) is 22.6 Å². The second kappa shape index (κ2) is 11.2. The number of aromatic nitrogens is 1. The number of alkyl halides is 2. The van der Waals surface area contributed by atoms with E-state index in [-0.39, 0.29) is 12.5 Å². The molecule has 7 heteroatoms. The molecule has 31 heavy (non-hydrogen) atoms. The van der Waals surface area contributed by atoms with Gasteiger partial charge in [0.05, 0.1) is 6.54 Å². The summed E-state index contributed by atoms with van der Waals surface area (Å²) in [5.74, 6) is -0.561. The maximum atomic E-state index is 13.2. The number of rotatable bonds is 10. The summed E-state index contributed by atoms with van der Waals surface area (Å²) in [5.41, 5.74) is 3.27. The fourth-order valence-corrected chi connectivity index (χ4v) is 3.90. The standard InChI is InChI=1S/C24H27Cl2N3O2/c1-2-13-29(24(31)23(25)26)17-22(30)28(16-18-8-4-3-5-9-18)14-12-19-15-27-21-11-7-6-10-20(19)21/h3-11,15,23,27H,2,12-14,16-17H2,1H3. The van der Waals surface area contributed by atoms with Crippen LogP contribution in [0.1, 0.15) is 24.5 Å². The molecule has 3 aromatic rings. The van der Waals surface area contributed by atoms with Crippen LogP contribution in [-0.4, -0.2) is 51.1 Å². The van der Waals surface area contributed by atoms with Crippen molar-refractivity contribution in [3.63, 3.8) is 0 Å². The average Bonchev–Trinajstić information content (AvgIpc) is 3.19. The van der Waals surface area contributed by atoms with Gasteiger partial charge in [-0.05, 0) is 30.0 Å². The predicted molar refractivity (Wildman–Crippen MR) is 126 cm³/mol. The number of hydrogen-bond acceptors (Lipinski definition) is 2. The molecule has 0 aliphatic rings. The molecule has 0 atom stereocenters. The lowest BCUT2D eigenvalue weighted by atomic mass is 10.1. The molecular weight excluding hydrogens is 433 g/mol. The molecule has 1 N–H and O–H groups in total. The fourth-order valence-electron chi connectivity index (χ4n) is 3.63. The van der Waals surface area contributed by atoms with Gasteiger partial charge in [-0.2, -0.15) is 0 Å².